The molecule has 4 rings (SSSR count). The fourth-order valence-corrected chi connectivity index (χ4v) is 12.8. The van der Waals surface area contributed by atoms with E-state index in [2.05, 4.69) is 84.4 Å². The van der Waals surface area contributed by atoms with Crippen molar-refractivity contribution < 1.29 is 18.6 Å². The van der Waals surface area contributed by atoms with Gasteiger partial charge in [-0.2, -0.15) is 5.26 Å². The van der Waals surface area contributed by atoms with Crippen LogP contribution in [0.5, 0.6) is 0 Å². The van der Waals surface area contributed by atoms with Crippen molar-refractivity contribution in [1.29, 1.82) is 5.26 Å². The summed E-state index contributed by atoms with van der Waals surface area (Å²) in [5, 5.41) is 11.9. The molecule has 9 atom stereocenters. The average molecular weight is 730 g/mol. The lowest BCUT2D eigenvalue weighted by molar-refractivity contribution is -0.0581. The highest BCUT2D eigenvalue weighted by molar-refractivity contribution is 7.44. The van der Waals surface area contributed by atoms with Gasteiger partial charge in [0.25, 0.3) is 8.53 Å². The standard InChI is InChI=1S/C43H76N3O4P/c1-31(2)16-14-17-34(7)38-20-21-39-37-19-18-35-30-36(22-24-42(35,8)40(37)23-25-43(38,39)9)50-41(47)45-27-12-10-11-13-28-48-51(49-29-15-26-44)46(32(3)4)33(5)6/h18,31-34,36-40H,10-17,19-25,27-30H2,1-9H3,(H,45,47)/t34-,36+,37+,38-,39+,40+,42+,43-,51?/m1/s1. The third-order valence-electron chi connectivity index (χ3n) is 13.7. The van der Waals surface area contributed by atoms with Crippen LogP contribution < -0.4 is 5.32 Å². The predicted octanol–water partition coefficient (Wildman–Crippen LogP) is 12.0. The van der Waals surface area contributed by atoms with E-state index in [1.807, 2.05) is 0 Å². The lowest BCUT2D eigenvalue weighted by Crippen LogP contribution is -2.51. The maximum atomic E-state index is 12.8. The molecular weight excluding hydrogens is 653 g/mol. The molecule has 0 bridgehead atoms. The molecule has 0 aromatic heterocycles. The molecule has 0 aromatic carbocycles. The molecule has 0 saturated heterocycles. The number of allylic oxidation sites excluding steroid dienone is 1. The van der Waals surface area contributed by atoms with Gasteiger partial charge in [0.1, 0.15) is 6.10 Å². The molecule has 0 aromatic rings. The second-order valence-electron chi connectivity index (χ2n) is 18.3. The fraction of sp³-hybridized carbons (Fsp3) is 0.907. The molecular formula is C43H76N3O4P. The maximum Gasteiger partial charge on any atom is 0.407 e. The number of ether oxygens (including phenoxy) is 1. The quantitative estimate of drug-likeness (QED) is 0.0763. The number of nitrogens with zero attached hydrogens (tertiary/aromatic N) is 2. The van der Waals surface area contributed by atoms with Crippen LogP contribution in [0.3, 0.4) is 0 Å². The molecule has 0 aliphatic heterocycles. The van der Waals surface area contributed by atoms with E-state index < -0.39 is 8.53 Å². The maximum absolute atomic E-state index is 12.8. The summed E-state index contributed by atoms with van der Waals surface area (Å²) >= 11 is 0. The molecule has 1 N–H and O–H groups in total. The number of nitrogens with one attached hydrogen (secondary N) is 1. The SMILES string of the molecule is CC(C)CCC[C@@H](C)[C@H]1CC[C@H]2[C@@H]3CC=C4C[C@@H](OC(=O)NCCCCCCOP(OCCC#N)N(C(C)C)C(C)C)CC[C@]4(C)[C@H]3CC[C@]12C. The van der Waals surface area contributed by atoms with Gasteiger partial charge in [-0.25, -0.2) is 9.46 Å². The van der Waals surface area contributed by atoms with Crippen molar-refractivity contribution in [3.8, 4) is 6.07 Å². The number of nitriles is 1. The molecule has 3 fully saturated rings. The summed E-state index contributed by atoms with van der Waals surface area (Å²) in [6, 6.07) is 2.77. The zero-order valence-electron chi connectivity index (χ0n) is 34.2. The molecule has 292 valence electrons. The van der Waals surface area contributed by atoms with Gasteiger partial charge in [0.05, 0.1) is 25.7 Å². The lowest BCUT2D eigenvalue weighted by Gasteiger charge is -2.58. The Balaban J connectivity index is 1.16. The third kappa shape index (κ3) is 11.0. The van der Waals surface area contributed by atoms with E-state index in [0.717, 1.165) is 80.5 Å². The van der Waals surface area contributed by atoms with E-state index in [4.69, 9.17) is 19.0 Å². The van der Waals surface area contributed by atoms with Crippen LogP contribution in [0, 0.1) is 57.7 Å². The van der Waals surface area contributed by atoms with E-state index in [1.54, 1.807) is 5.57 Å². The predicted molar refractivity (Wildman–Crippen MR) is 211 cm³/mol. The molecule has 1 unspecified atom stereocenters. The minimum absolute atomic E-state index is 0.00376. The van der Waals surface area contributed by atoms with Crippen molar-refractivity contribution in [3.63, 3.8) is 0 Å². The zero-order chi connectivity index (χ0) is 37.2. The minimum Gasteiger partial charge on any atom is -0.446 e. The third-order valence-corrected chi connectivity index (χ3v) is 15.8. The Labute approximate surface area is 314 Å². The van der Waals surface area contributed by atoms with Crippen LogP contribution in [-0.4, -0.2) is 48.7 Å². The van der Waals surface area contributed by atoms with E-state index >= 15 is 0 Å². The highest BCUT2D eigenvalue weighted by atomic mass is 31.2. The number of alkyl carbamates (subject to hydrolysis) is 1. The van der Waals surface area contributed by atoms with E-state index in [-0.39, 0.29) is 17.6 Å². The molecule has 0 radical (unpaired) electrons. The number of amides is 1. The van der Waals surface area contributed by atoms with Crippen molar-refractivity contribution in [1.82, 2.24) is 9.99 Å². The number of rotatable bonds is 20. The van der Waals surface area contributed by atoms with Gasteiger partial charge in [-0.15, -0.1) is 0 Å². The number of hydrogen-bond donors (Lipinski definition) is 1. The molecule has 51 heavy (non-hydrogen) atoms. The first kappa shape index (κ1) is 42.6. The van der Waals surface area contributed by atoms with Crippen molar-refractivity contribution in [2.45, 2.75) is 183 Å². The smallest absolute Gasteiger partial charge is 0.407 e. The highest BCUT2D eigenvalue weighted by Crippen LogP contribution is 2.67. The molecule has 4 aliphatic rings. The van der Waals surface area contributed by atoms with Gasteiger partial charge in [-0.05, 0) is 132 Å². The summed E-state index contributed by atoms with van der Waals surface area (Å²) < 4.78 is 20.5. The van der Waals surface area contributed by atoms with Crippen LogP contribution in [0.25, 0.3) is 0 Å². The Morgan fingerprint density at radius 3 is 2.35 bits per heavy atom. The Morgan fingerprint density at radius 2 is 1.65 bits per heavy atom. The van der Waals surface area contributed by atoms with Gasteiger partial charge < -0.3 is 19.1 Å². The van der Waals surface area contributed by atoms with Crippen molar-refractivity contribution >= 4 is 14.6 Å². The van der Waals surface area contributed by atoms with Crippen LogP contribution >= 0.6 is 8.53 Å². The molecule has 8 heteroatoms. The van der Waals surface area contributed by atoms with Crippen LogP contribution in [0.2, 0.25) is 0 Å². The van der Waals surface area contributed by atoms with Gasteiger partial charge in [0, 0.05) is 25.0 Å². The monoisotopic (exact) mass is 730 g/mol. The topological polar surface area (TPSA) is 83.8 Å². The zero-order valence-corrected chi connectivity index (χ0v) is 35.1. The van der Waals surface area contributed by atoms with E-state index in [0.29, 0.717) is 43.7 Å². The highest BCUT2D eigenvalue weighted by Gasteiger charge is 2.59. The van der Waals surface area contributed by atoms with Crippen molar-refractivity contribution in [2.75, 3.05) is 19.8 Å². The van der Waals surface area contributed by atoms with E-state index in [1.165, 1.54) is 51.4 Å². The first-order valence-corrected chi connectivity index (χ1v) is 22.3. The van der Waals surface area contributed by atoms with Crippen LogP contribution in [0.15, 0.2) is 11.6 Å². The normalized spacial score (nSPS) is 31.5. The average Bonchev–Trinajstić information content (AvgIpc) is 3.43. The minimum atomic E-state index is -1.18. The van der Waals surface area contributed by atoms with Gasteiger partial charge in [0.15, 0.2) is 0 Å². The number of carbonyl (C=O) groups is 1. The Morgan fingerprint density at radius 1 is 0.922 bits per heavy atom. The summed E-state index contributed by atoms with van der Waals surface area (Å²) in [6.07, 6.45) is 20.8. The number of fused-ring (bicyclic) bond motifs is 5. The van der Waals surface area contributed by atoms with Gasteiger partial charge in [-0.3, -0.25) is 0 Å². The van der Waals surface area contributed by atoms with E-state index in [9.17, 15) is 4.79 Å². The number of carbonyl (C=O) groups excluding carboxylic acids is 1. The molecule has 0 spiro atoms. The fourth-order valence-electron chi connectivity index (χ4n) is 11.2. The lowest BCUT2D eigenvalue weighted by atomic mass is 9.47. The molecule has 4 aliphatic carbocycles. The summed E-state index contributed by atoms with van der Waals surface area (Å²) in [5.74, 6) is 5.07. The number of unbranched alkanes of at least 4 members (excludes halogenated alkanes) is 3. The van der Waals surface area contributed by atoms with Crippen LogP contribution in [-0.2, 0) is 13.8 Å². The molecule has 0 heterocycles. The molecule has 3 saturated carbocycles. The molecule has 1 amide bonds. The molecule has 7 nitrogen and oxygen atoms in total. The van der Waals surface area contributed by atoms with Gasteiger partial charge in [-0.1, -0.05) is 78.4 Å². The van der Waals surface area contributed by atoms with Crippen LogP contribution in [0.1, 0.15) is 165 Å². The first-order valence-electron chi connectivity index (χ1n) is 21.2. The second-order valence-corrected chi connectivity index (χ2v) is 19.7. The van der Waals surface area contributed by atoms with Gasteiger partial charge in [0.2, 0.25) is 0 Å². The second kappa shape index (κ2) is 19.9. The van der Waals surface area contributed by atoms with Gasteiger partial charge >= 0.3 is 6.09 Å². The first-order chi connectivity index (χ1) is 24.3. The number of hydrogen-bond acceptors (Lipinski definition) is 6. The van der Waals surface area contributed by atoms with Crippen molar-refractivity contribution in [3.05, 3.63) is 11.6 Å². The Bertz CT molecular complexity index is 1150. The summed E-state index contributed by atoms with van der Waals surface area (Å²) in [6.45, 7) is 22.9. The van der Waals surface area contributed by atoms with Crippen molar-refractivity contribution in [2.24, 2.45) is 46.3 Å². The largest absolute Gasteiger partial charge is 0.446 e. The Hall–Kier alpha value is -1.19. The summed E-state index contributed by atoms with van der Waals surface area (Å²) in [7, 11) is -1.18. The summed E-state index contributed by atoms with van der Waals surface area (Å²) in [5.41, 5.74) is 2.38. The summed E-state index contributed by atoms with van der Waals surface area (Å²) in [4.78, 5) is 12.8. The Kier molecular flexibility index (Phi) is 16.6. The van der Waals surface area contributed by atoms with Crippen LogP contribution in [0.4, 0.5) is 4.79 Å².